The van der Waals surface area contributed by atoms with Gasteiger partial charge in [-0.1, -0.05) is 37.5 Å². The van der Waals surface area contributed by atoms with Gasteiger partial charge in [0.2, 0.25) is 0 Å². The minimum atomic E-state index is 0.106. The summed E-state index contributed by atoms with van der Waals surface area (Å²) >= 11 is 0. The lowest BCUT2D eigenvalue weighted by atomic mass is 9.94. The molecule has 0 bridgehead atoms. The molecule has 2 aromatic heterocycles. The molecule has 2 aliphatic rings. The summed E-state index contributed by atoms with van der Waals surface area (Å²) in [6.45, 7) is 7.47. The Morgan fingerprint density at radius 2 is 1.68 bits per heavy atom. The number of carbonyl (C=O) groups is 1. The first-order chi connectivity index (χ1) is 15.1. The van der Waals surface area contributed by atoms with Crippen LogP contribution in [0, 0.1) is 13.8 Å². The number of carbonyl (C=O) groups excluding carboxylic acids is 1. The Bertz CT molecular complexity index is 1080. The van der Waals surface area contributed by atoms with E-state index in [9.17, 15) is 4.79 Å². The van der Waals surface area contributed by atoms with Gasteiger partial charge in [0.1, 0.15) is 0 Å². The molecule has 0 unspecified atom stereocenters. The molecule has 31 heavy (non-hydrogen) atoms. The van der Waals surface area contributed by atoms with E-state index < -0.39 is 0 Å². The number of fused-ring (bicyclic) bond motifs is 1. The van der Waals surface area contributed by atoms with Crippen molar-refractivity contribution in [2.75, 3.05) is 26.2 Å². The number of benzene rings is 1. The van der Waals surface area contributed by atoms with Crippen LogP contribution in [0.3, 0.4) is 0 Å². The van der Waals surface area contributed by atoms with Crippen molar-refractivity contribution in [2.45, 2.75) is 52.0 Å². The van der Waals surface area contributed by atoms with Gasteiger partial charge < -0.3 is 4.90 Å². The molecular formula is C25H31N5O. The number of aromatic nitrogens is 3. The molecular weight excluding hydrogens is 386 g/mol. The molecule has 5 rings (SSSR count). The van der Waals surface area contributed by atoms with Crippen LogP contribution in [0.15, 0.2) is 36.4 Å². The molecule has 1 aliphatic carbocycles. The van der Waals surface area contributed by atoms with Crippen LogP contribution in [0.4, 0.5) is 0 Å². The molecule has 3 aromatic rings. The van der Waals surface area contributed by atoms with Crippen molar-refractivity contribution in [2.24, 2.45) is 0 Å². The summed E-state index contributed by atoms with van der Waals surface area (Å²) in [4.78, 5) is 23.0. The Kier molecular flexibility index (Phi) is 5.48. The van der Waals surface area contributed by atoms with Crippen LogP contribution in [0.5, 0.6) is 0 Å². The molecule has 1 amide bonds. The molecule has 6 nitrogen and oxygen atoms in total. The summed E-state index contributed by atoms with van der Waals surface area (Å²) in [7, 11) is 0. The Labute approximate surface area is 183 Å². The Balaban J connectivity index is 1.42. The Morgan fingerprint density at radius 1 is 0.968 bits per heavy atom. The lowest BCUT2D eigenvalue weighted by molar-refractivity contribution is 0.0525. The highest BCUT2D eigenvalue weighted by Gasteiger charge is 2.29. The van der Waals surface area contributed by atoms with Gasteiger partial charge in [0.15, 0.2) is 5.65 Å². The fraction of sp³-hybridized carbons (Fsp3) is 0.480. The molecule has 0 spiro atoms. The summed E-state index contributed by atoms with van der Waals surface area (Å²) < 4.78 is 1.86. The van der Waals surface area contributed by atoms with E-state index in [1.807, 2.05) is 59.8 Å². The molecule has 3 heterocycles. The second kappa shape index (κ2) is 8.42. The van der Waals surface area contributed by atoms with E-state index in [0.29, 0.717) is 6.04 Å². The van der Waals surface area contributed by atoms with Gasteiger partial charge in [0.25, 0.3) is 5.91 Å². The summed E-state index contributed by atoms with van der Waals surface area (Å²) in [5.41, 5.74) is 4.13. The van der Waals surface area contributed by atoms with Gasteiger partial charge in [-0.2, -0.15) is 5.10 Å². The maximum absolute atomic E-state index is 13.6. The topological polar surface area (TPSA) is 54.3 Å². The zero-order valence-corrected chi connectivity index (χ0v) is 18.5. The molecule has 6 heteroatoms. The van der Waals surface area contributed by atoms with Gasteiger partial charge in [-0.25, -0.2) is 9.67 Å². The minimum Gasteiger partial charge on any atom is -0.336 e. The van der Waals surface area contributed by atoms with Crippen LogP contribution in [0.2, 0.25) is 0 Å². The number of nitrogens with zero attached hydrogens (tertiary/aromatic N) is 5. The standard InChI is InChI=1S/C25H31N5O/c1-18-17-22(23-19(2)27-30(24(23)26-18)21-11-7-4-8-12-21)25(31)29-15-13-28(14-16-29)20-9-5-3-6-10-20/h4,7-8,11-12,17,20H,3,5-6,9-10,13-16H2,1-2H3. The summed E-state index contributed by atoms with van der Waals surface area (Å²) in [5, 5.41) is 5.61. The van der Waals surface area contributed by atoms with E-state index in [4.69, 9.17) is 10.1 Å². The van der Waals surface area contributed by atoms with Crippen molar-refractivity contribution in [3.05, 3.63) is 53.3 Å². The van der Waals surface area contributed by atoms with Gasteiger partial charge in [-0.05, 0) is 44.9 Å². The molecule has 0 radical (unpaired) electrons. The first-order valence-corrected chi connectivity index (χ1v) is 11.6. The van der Waals surface area contributed by atoms with Crippen molar-refractivity contribution >= 4 is 16.9 Å². The van der Waals surface area contributed by atoms with E-state index in [2.05, 4.69) is 4.90 Å². The first kappa shape index (κ1) is 20.2. The van der Waals surface area contributed by atoms with Gasteiger partial charge >= 0.3 is 0 Å². The predicted molar refractivity (Wildman–Crippen MR) is 123 cm³/mol. The van der Waals surface area contributed by atoms with Crippen LogP contribution in [-0.2, 0) is 0 Å². The minimum absolute atomic E-state index is 0.106. The third-order valence-corrected chi connectivity index (χ3v) is 6.86. The predicted octanol–water partition coefficient (Wildman–Crippen LogP) is 4.13. The number of piperazine rings is 1. The second-order valence-electron chi connectivity index (χ2n) is 8.96. The zero-order chi connectivity index (χ0) is 21.4. The number of hydrogen-bond acceptors (Lipinski definition) is 4. The van der Waals surface area contributed by atoms with Gasteiger partial charge in [-0.3, -0.25) is 9.69 Å². The van der Waals surface area contributed by atoms with Crippen LogP contribution in [-0.4, -0.2) is 62.7 Å². The van der Waals surface area contributed by atoms with E-state index in [0.717, 1.165) is 59.9 Å². The van der Waals surface area contributed by atoms with Crippen LogP contribution in [0.25, 0.3) is 16.7 Å². The average Bonchev–Trinajstić information content (AvgIpc) is 3.15. The maximum Gasteiger partial charge on any atom is 0.254 e. The fourth-order valence-electron chi connectivity index (χ4n) is 5.24. The Morgan fingerprint density at radius 3 is 2.39 bits per heavy atom. The molecule has 1 saturated heterocycles. The number of aryl methyl sites for hydroxylation is 2. The number of pyridine rings is 1. The molecule has 0 N–H and O–H groups in total. The van der Waals surface area contributed by atoms with Crippen LogP contribution in [0.1, 0.15) is 53.8 Å². The maximum atomic E-state index is 13.6. The zero-order valence-electron chi connectivity index (χ0n) is 18.5. The number of rotatable bonds is 3. The van der Waals surface area contributed by atoms with Crippen molar-refractivity contribution in [1.82, 2.24) is 24.6 Å². The largest absolute Gasteiger partial charge is 0.336 e. The highest BCUT2D eigenvalue weighted by atomic mass is 16.2. The lowest BCUT2D eigenvalue weighted by Gasteiger charge is -2.40. The quantitative estimate of drug-likeness (QED) is 0.643. The highest BCUT2D eigenvalue weighted by Crippen LogP contribution is 2.27. The number of hydrogen-bond donors (Lipinski definition) is 0. The van der Waals surface area contributed by atoms with E-state index in [-0.39, 0.29) is 5.91 Å². The third kappa shape index (κ3) is 3.85. The fourth-order valence-corrected chi connectivity index (χ4v) is 5.24. The number of amides is 1. The summed E-state index contributed by atoms with van der Waals surface area (Å²) in [6, 6.07) is 12.7. The third-order valence-electron chi connectivity index (χ3n) is 6.86. The van der Waals surface area contributed by atoms with E-state index in [1.165, 1.54) is 32.1 Å². The van der Waals surface area contributed by atoms with Gasteiger partial charge in [0.05, 0.1) is 22.3 Å². The monoisotopic (exact) mass is 417 g/mol. The lowest BCUT2D eigenvalue weighted by Crippen LogP contribution is -2.52. The molecule has 1 aromatic carbocycles. The van der Waals surface area contributed by atoms with Crippen LogP contribution < -0.4 is 0 Å². The summed E-state index contributed by atoms with van der Waals surface area (Å²) in [6.07, 6.45) is 6.71. The average molecular weight is 418 g/mol. The molecule has 2 fully saturated rings. The Hall–Kier alpha value is -2.73. The summed E-state index contributed by atoms with van der Waals surface area (Å²) in [5.74, 6) is 0.106. The van der Waals surface area contributed by atoms with Crippen molar-refractivity contribution in [3.8, 4) is 5.69 Å². The first-order valence-electron chi connectivity index (χ1n) is 11.6. The SMILES string of the molecule is Cc1cc(C(=O)N2CCN(C3CCCCC3)CC2)c2c(C)nn(-c3ccccc3)c2n1. The molecule has 1 aliphatic heterocycles. The van der Waals surface area contributed by atoms with Crippen molar-refractivity contribution in [3.63, 3.8) is 0 Å². The normalized spacial score (nSPS) is 18.6. The van der Waals surface area contributed by atoms with Crippen LogP contribution >= 0.6 is 0 Å². The molecule has 1 saturated carbocycles. The number of para-hydroxylation sites is 1. The van der Waals surface area contributed by atoms with Crippen molar-refractivity contribution < 1.29 is 4.79 Å². The van der Waals surface area contributed by atoms with Crippen molar-refractivity contribution in [1.29, 1.82) is 0 Å². The van der Waals surface area contributed by atoms with Gasteiger partial charge in [-0.15, -0.1) is 0 Å². The molecule has 0 atom stereocenters. The highest BCUT2D eigenvalue weighted by molar-refractivity contribution is 6.06. The van der Waals surface area contributed by atoms with Gasteiger partial charge in [0, 0.05) is 37.9 Å². The molecule has 162 valence electrons. The smallest absolute Gasteiger partial charge is 0.254 e. The second-order valence-corrected chi connectivity index (χ2v) is 8.96. The van der Waals surface area contributed by atoms with E-state index >= 15 is 0 Å². The van der Waals surface area contributed by atoms with E-state index in [1.54, 1.807) is 0 Å².